The first kappa shape index (κ1) is 14.2. The van der Waals surface area contributed by atoms with Gasteiger partial charge < -0.3 is 10.0 Å². The van der Waals surface area contributed by atoms with Gasteiger partial charge in [0.1, 0.15) is 0 Å². The van der Waals surface area contributed by atoms with Crippen molar-refractivity contribution in [2.24, 2.45) is 0 Å². The molecule has 0 aliphatic heterocycles. The van der Waals surface area contributed by atoms with Crippen molar-refractivity contribution in [3.63, 3.8) is 0 Å². The molecule has 1 aromatic rings. The summed E-state index contributed by atoms with van der Waals surface area (Å²) in [5, 5.41) is 9.69. The first-order valence-corrected chi connectivity index (χ1v) is 6.47. The van der Waals surface area contributed by atoms with Gasteiger partial charge in [-0.1, -0.05) is 50.6 Å². The monoisotopic (exact) mass is 235 g/mol. The molecule has 1 aromatic carbocycles. The first-order chi connectivity index (χ1) is 8.12. The highest BCUT2D eigenvalue weighted by Crippen LogP contribution is 2.24. The molecule has 1 rings (SSSR count). The lowest BCUT2D eigenvalue weighted by atomic mass is 9.83. The van der Waals surface area contributed by atoms with Gasteiger partial charge in [0.2, 0.25) is 0 Å². The minimum atomic E-state index is -0.163. The van der Waals surface area contributed by atoms with E-state index in [-0.39, 0.29) is 12.0 Å². The second-order valence-electron chi connectivity index (χ2n) is 5.18. The van der Waals surface area contributed by atoms with Crippen molar-refractivity contribution in [3.05, 3.63) is 35.9 Å². The van der Waals surface area contributed by atoms with Crippen LogP contribution in [0.1, 0.15) is 32.3 Å². The van der Waals surface area contributed by atoms with E-state index in [1.165, 1.54) is 18.4 Å². The standard InChI is InChI=1S/C15H25NO/c1-4-5-11-16(3)12-15(2,13-17)14-9-7-6-8-10-14/h6-10,17H,4-5,11-13H2,1-3H3. The Morgan fingerprint density at radius 1 is 1.24 bits per heavy atom. The summed E-state index contributed by atoms with van der Waals surface area (Å²) in [5.41, 5.74) is 1.05. The van der Waals surface area contributed by atoms with Gasteiger partial charge in [0.15, 0.2) is 0 Å². The van der Waals surface area contributed by atoms with Gasteiger partial charge in [0.05, 0.1) is 6.61 Å². The summed E-state index contributed by atoms with van der Waals surface area (Å²) in [6.07, 6.45) is 2.43. The first-order valence-electron chi connectivity index (χ1n) is 6.47. The quantitative estimate of drug-likeness (QED) is 0.785. The highest BCUT2D eigenvalue weighted by atomic mass is 16.3. The number of likely N-dealkylation sites (N-methyl/N-ethyl adjacent to an activating group) is 1. The largest absolute Gasteiger partial charge is 0.395 e. The Hall–Kier alpha value is -0.860. The van der Waals surface area contributed by atoms with Crippen molar-refractivity contribution >= 4 is 0 Å². The van der Waals surface area contributed by atoms with E-state index in [0.29, 0.717) is 0 Å². The molecule has 96 valence electrons. The molecule has 0 aromatic heterocycles. The number of benzene rings is 1. The molecule has 1 unspecified atom stereocenters. The zero-order valence-electron chi connectivity index (χ0n) is 11.3. The van der Waals surface area contributed by atoms with E-state index in [2.05, 4.69) is 37.9 Å². The zero-order chi connectivity index (χ0) is 12.7. The molecule has 1 atom stereocenters. The van der Waals surface area contributed by atoms with Gasteiger partial charge in [-0.25, -0.2) is 0 Å². The Morgan fingerprint density at radius 3 is 2.41 bits per heavy atom. The minimum Gasteiger partial charge on any atom is -0.395 e. The fourth-order valence-corrected chi connectivity index (χ4v) is 2.18. The summed E-state index contributed by atoms with van der Waals surface area (Å²) < 4.78 is 0. The van der Waals surface area contributed by atoms with Gasteiger partial charge in [-0.3, -0.25) is 0 Å². The second-order valence-corrected chi connectivity index (χ2v) is 5.18. The van der Waals surface area contributed by atoms with E-state index in [1.54, 1.807) is 0 Å². The van der Waals surface area contributed by atoms with Crippen LogP contribution in [0.5, 0.6) is 0 Å². The molecule has 0 radical (unpaired) electrons. The van der Waals surface area contributed by atoms with Crippen LogP contribution in [0, 0.1) is 0 Å². The van der Waals surface area contributed by atoms with Gasteiger partial charge in [-0.2, -0.15) is 0 Å². The molecule has 0 saturated carbocycles. The number of rotatable bonds is 7. The molecule has 0 saturated heterocycles. The number of aliphatic hydroxyl groups excluding tert-OH is 1. The molecule has 0 aliphatic rings. The molecular formula is C15H25NO. The Balaban J connectivity index is 2.69. The van der Waals surface area contributed by atoms with Crippen LogP contribution >= 0.6 is 0 Å². The van der Waals surface area contributed by atoms with Gasteiger partial charge in [0, 0.05) is 12.0 Å². The van der Waals surface area contributed by atoms with Crippen molar-refractivity contribution in [2.75, 3.05) is 26.7 Å². The fourth-order valence-electron chi connectivity index (χ4n) is 2.18. The predicted octanol–water partition coefficient (Wildman–Crippen LogP) is 2.67. The van der Waals surface area contributed by atoms with Crippen molar-refractivity contribution < 1.29 is 5.11 Å². The zero-order valence-corrected chi connectivity index (χ0v) is 11.3. The lowest BCUT2D eigenvalue weighted by molar-refractivity contribution is 0.158. The molecule has 0 spiro atoms. The van der Waals surface area contributed by atoms with Crippen LogP contribution in [0.25, 0.3) is 0 Å². The molecule has 2 nitrogen and oxygen atoms in total. The van der Waals surface area contributed by atoms with Gasteiger partial charge >= 0.3 is 0 Å². The van der Waals surface area contributed by atoms with E-state index in [1.807, 2.05) is 18.2 Å². The molecule has 0 amide bonds. The second kappa shape index (κ2) is 6.77. The van der Waals surface area contributed by atoms with Crippen LogP contribution in [0.2, 0.25) is 0 Å². The average Bonchev–Trinajstić information content (AvgIpc) is 2.37. The minimum absolute atomic E-state index is 0.163. The van der Waals surface area contributed by atoms with E-state index in [4.69, 9.17) is 0 Å². The summed E-state index contributed by atoms with van der Waals surface area (Å²) in [5.74, 6) is 0. The fraction of sp³-hybridized carbons (Fsp3) is 0.600. The molecule has 2 heteroatoms. The van der Waals surface area contributed by atoms with Crippen LogP contribution in [0.15, 0.2) is 30.3 Å². The number of hydrogen-bond donors (Lipinski definition) is 1. The number of hydrogen-bond acceptors (Lipinski definition) is 2. The smallest absolute Gasteiger partial charge is 0.0537 e. The Kier molecular flexibility index (Phi) is 5.66. The number of unbranched alkanes of at least 4 members (excludes halogenated alkanes) is 1. The normalized spacial score (nSPS) is 14.9. The molecule has 0 aliphatic carbocycles. The van der Waals surface area contributed by atoms with Crippen LogP contribution < -0.4 is 0 Å². The maximum Gasteiger partial charge on any atom is 0.0537 e. The third-order valence-corrected chi connectivity index (χ3v) is 3.33. The SMILES string of the molecule is CCCCN(C)CC(C)(CO)c1ccccc1. The van der Waals surface area contributed by atoms with Crippen LogP contribution in [-0.2, 0) is 5.41 Å². The van der Waals surface area contributed by atoms with Crippen molar-refractivity contribution in [2.45, 2.75) is 32.1 Å². The van der Waals surface area contributed by atoms with Gasteiger partial charge in [0.25, 0.3) is 0 Å². The Labute approximate surface area is 105 Å². The lowest BCUT2D eigenvalue weighted by Gasteiger charge is -2.32. The Bertz CT molecular complexity index is 312. The lowest BCUT2D eigenvalue weighted by Crippen LogP contribution is -2.40. The molecule has 0 fully saturated rings. The van der Waals surface area contributed by atoms with Crippen LogP contribution in [0.3, 0.4) is 0 Å². The highest BCUT2D eigenvalue weighted by molar-refractivity contribution is 5.25. The summed E-state index contributed by atoms with van der Waals surface area (Å²) in [4.78, 5) is 2.31. The van der Waals surface area contributed by atoms with Crippen LogP contribution in [-0.4, -0.2) is 36.8 Å². The van der Waals surface area contributed by atoms with Gasteiger partial charge in [-0.15, -0.1) is 0 Å². The van der Waals surface area contributed by atoms with E-state index < -0.39 is 0 Å². The summed E-state index contributed by atoms with van der Waals surface area (Å²) in [6.45, 7) is 6.51. The summed E-state index contributed by atoms with van der Waals surface area (Å²) in [7, 11) is 2.13. The maximum absolute atomic E-state index is 9.69. The van der Waals surface area contributed by atoms with Crippen molar-refractivity contribution in [1.82, 2.24) is 4.90 Å². The van der Waals surface area contributed by atoms with E-state index in [9.17, 15) is 5.11 Å². The predicted molar refractivity (Wildman–Crippen MR) is 73.3 cm³/mol. The topological polar surface area (TPSA) is 23.5 Å². The maximum atomic E-state index is 9.69. The molecule has 0 heterocycles. The highest BCUT2D eigenvalue weighted by Gasteiger charge is 2.26. The average molecular weight is 235 g/mol. The summed E-state index contributed by atoms with van der Waals surface area (Å²) >= 11 is 0. The van der Waals surface area contributed by atoms with Crippen molar-refractivity contribution in [1.29, 1.82) is 0 Å². The number of nitrogens with zero attached hydrogens (tertiary/aromatic N) is 1. The molecule has 17 heavy (non-hydrogen) atoms. The Morgan fingerprint density at radius 2 is 1.88 bits per heavy atom. The van der Waals surface area contributed by atoms with Gasteiger partial charge in [-0.05, 0) is 25.6 Å². The molecule has 0 bridgehead atoms. The summed E-state index contributed by atoms with van der Waals surface area (Å²) in [6, 6.07) is 10.3. The molecular weight excluding hydrogens is 210 g/mol. The molecule has 1 N–H and O–H groups in total. The van der Waals surface area contributed by atoms with Crippen LogP contribution in [0.4, 0.5) is 0 Å². The van der Waals surface area contributed by atoms with E-state index in [0.717, 1.165) is 13.1 Å². The third-order valence-electron chi connectivity index (χ3n) is 3.33. The number of aliphatic hydroxyl groups is 1. The van der Waals surface area contributed by atoms with E-state index >= 15 is 0 Å². The third kappa shape index (κ3) is 4.14. The van der Waals surface area contributed by atoms with Crippen molar-refractivity contribution in [3.8, 4) is 0 Å².